The summed E-state index contributed by atoms with van der Waals surface area (Å²) in [5.41, 5.74) is 1.02. The summed E-state index contributed by atoms with van der Waals surface area (Å²) in [5.74, 6) is 2.06. The average Bonchev–Trinajstić information content (AvgIpc) is 3.61. The zero-order valence-corrected chi connectivity index (χ0v) is 17.6. The number of hydrogen-bond donors (Lipinski definition) is 2. The first kappa shape index (κ1) is 19.6. The molecule has 6 rings (SSSR count). The summed E-state index contributed by atoms with van der Waals surface area (Å²) in [6.07, 6.45) is 12.3. The van der Waals surface area contributed by atoms with Crippen LogP contribution >= 0.6 is 0 Å². The number of aromatic nitrogens is 4. The van der Waals surface area contributed by atoms with E-state index in [1.165, 1.54) is 51.9 Å². The summed E-state index contributed by atoms with van der Waals surface area (Å²) in [5, 5.41) is 15.0. The van der Waals surface area contributed by atoms with Crippen molar-refractivity contribution in [3.63, 3.8) is 0 Å². The Kier molecular flexibility index (Phi) is 5.52. The van der Waals surface area contributed by atoms with Gasteiger partial charge in [0.15, 0.2) is 5.82 Å². The van der Waals surface area contributed by atoms with Gasteiger partial charge in [-0.2, -0.15) is 5.10 Å². The van der Waals surface area contributed by atoms with Crippen LogP contribution in [0.2, 0.25) is 0 Å². The molecule has 4 aliphatic rings. The third-order valence-electron chi connectivity index (χ3n) is 7.30. The molecular weight excluding hydrogens is 376 g/mol. The molecule has 2 unspecified atom stereocenters. The van der Waals surface area contributed by atoms with Gasteiger partial charge in [0.25, 0.3) is 0 Å². The van der Waals surface area contributed by atoms with Crippen LogP contribution in [0.1, 0.15) is 25.7 Å². The molecule has 0 radical (unpaired) electrons. The molecule has 0 bridgehead atoms. The number of anilines is 2. The number of nitrogens with zero attached hydrogens (tertiary/aromatic N) is 6. The van der Waals surface area contributed by atoms with Gasteiger partial charge in [-0.05, 0) is 50.9 Å². The van der Waals surface area contributed by atoms with Crippen molar-refractivity contribution in [2.24, 2.45) is 10.8 Å². The van der Waals surface area contributed by atoms with Gasteiger partial charge in [0.05, 0.1) is 6.20 Å². The third-order valence-corrected chi connectivity index (χ3v) is 7.30. The highest BCUT2D eigenvalue weighted by atomic mass is 15.3. The molecule has 2 N–H and O–H groups in total. The van der Waals surface area contributed by atoms with Crippen LogP contribution < -0.4 is 20.4 Å². The summed E-state index contributed by atoms with van der Waals surface area (Å²) in [4.78, 5) is 13.2. The molecule has 0 aromatic carbocycles. The fourth-order valence-electron chi connectivity index (χ4n) is 5.47. The Morgan fingerprint density at radius 3 is 2.03 bits per heavy atom. The van der Waals surface area contributed by atoms with Gasteiger partial charge in [-0.1, -0.05) is 0 Å². The molecule has 6 heterocycles. The Balaban J connectivity index is 0.000000128. The van der Waals surface area contributed by atoms with Gasteiger partial charge in [0, 0.05) is 68.7 Å². The first-order chi connectivity index (χ1) is 14.8. The highest BCUT2D eigenvalue weighted by Crippen LogP contribution is 2.38. The third kappa shape index (κ3) is 4.11. The largest absolute Gasteiger partial charge is 0.355 e. The molecule has 0 amide bonds. The maximum absolute atomic E-state index is 4.36. The second kappa shape index (κ2) is 8.43. The van der Waals surface area contributed by atoms with E-state index < -0.39 is 0 Å². The van der Waals surface area contributed by atoms with E-state index in [1.807, 2.05) is 12.3 Å². The minimum absolute atomic E-state index is 0.511. The SMILES string of the molecule is c1cnc(N2CCC3(CCNC3)C2)cn1.c1cnnc(N2CCC3(CCNC3)C2)c1. The molecule has 2 atom stereocenters. The highest BCUT2D eigenvalue weighted by molar-refractivity contribution is 5.39. The van der Waals surface area contributed by atoms with E-state index in [4.69, 9.17) is 0 Å². The standard InChI is InChI=1S/2C11H16N4/c1-3-13-8-11(1)2-6-15(9-11)10-7-12-4-5-14-10;1-2-10(14-13-5-1)15-7-4-11(9-15)3-6-12-8-11/h4-5,7,13H,1-3,6,8-9H2;1-2,5,12H,3-4,6-9H2. The smallest absolute Gasteiger partial charge is 0.151 e. The maximum atomic E-state index is 4.36. The normalized spacial score (nSPS) is 30.3. The molecule has 160 valence electrons. The van der Waals surface area contributed by atoms with Crippen LogP contribution in [0.15, 0.2) is 36.9 Å². The molecule has 2 aromatic rings. The Hall–Kier alpha value is -2.32. The Bertz CT molecular complexity index is 733. The van der Waals surface area contributed by atoms with Crippen LogP contribution in [-0.4, -0.2) is 72.5 Å². The van der Waals surface area contributed by atoms with Gasteiger partial charge in [-0.15, -0.1) is 5.10 Å². The van der Waals surface area contributed by atoms with Crippen LogP contribution in [0.3, 0.4) is 0 Å². The van der Waals surface area contributed by atoms with Crippen LogP contribution in [0, 0.1) is 10.8 Å². The lowest BCUT2D eigenvalue weighted by Gasteiger charge is -2.22. The van der Waals surface area contributed by atoms with E-state index in [9.17, 15) is 0 Å². The van der Waals surface area contributed by atoms with Crippen molar-refractivity contribution in [2.75, 3.05) is 62.2 Å². The van der Waals surface area contributed by atoms with Crippen molar-refractivity contribution in [2.45, 2.75) is 25.7 Å². The average molecular weight is 409 g/mol. The minimum Gasteiger partial charge on any atom is -0.355 e. The number of nitrogens with one attached hydrogen (secondary N) is 2. The fraction of sp³-hybridized carbons (Fsp3) is 0.636. The molecule has 2 spiro atoms. The van der Waals surface area contributed by atoms with Crippen LogP contribution in [-0.2, 0) is 0 Å². The van der Waals surface area contributed by atoms with Crippen molar-refractivity contribution in [1.82, 2.24) is 30.8 Å². The molecular formula is C22H32N8. The summed E-state index contributed by atoms with van der Waals surface area (Å²) in [6.45, 7) is 9.22. The summed E-state index contributed by atoms with van der Waals surface area (Å²) < 4.78 is 0. The number of hydrogen-bond acceptors (Lipinski definition) is 8. The lowest BCUT2D eigenvalue weighted by Crippen LogP contribution is -2.29. The predicted molar refractivity (Wildman–Crippen MR) is 118 cm³/mol. The first-order valence-corrected chi connectivity index (χ1v) is 11.2. The van der Waals surface area contributed by atoms with Crippen LogP contribution in [0.5, 0.6) is 0 Å². The Labute approximate surface area is 178 Å². The summed E-state index contributed by atoms with van der Waals surface area (Å²) in [6, 6.07) is 4.01. The van der Waals surface area contributed by atoms with Crippen molar-refractivity contribution in [3.8, 4) is 0 Å². The molecule has 8 heteroatoms. The highest BCUT2D eigenvalue weighted by Gasteiger charge is 2.41. The quantitative estimate of drug-likeness (QED) is 0.770. The van der Waals surface area contributed by atoms with Crippen LogP contribution in [0.4, 0.5) is 11.6 Å². The van der Waals surface area contributed by atoms with Gasteiger partial charge >= 0.3 is 0 Å². The van der Waals surface area contributed by atoms with Crippen molar-refractivity contribution in [3.05, 3.63) is 36.9 Å². The molecule has 4 fully saturated rings. The zero-order valence-electron chi connectivity index (χ0n) is 17.6. The molecule has 8 nitrogen and oxygen atoms in total. The molecule has 30 heavy (non-hydrogen) atoms. The van der Waals surface area contributed by atoms with E-state index in [0.717, 1.165) is 37.8 Å². The molecule has 0 aliphatic carbocycles. The van der Waals surface area contributed by atoms with Crippen molar-refractivity contribution >= 4 is 11.6 Å². The zero-order chi connectivity index (χ0) is 20.3. The molecule has 0 saturated carbocycles. The monoisotopic (exact) mass is 408 g/mol. The molecule has 2 aromatic heterocycles. The van der Waals surface area contributed by atoms with E-state index in [-0.39, 0.29) is 0 Å². The minimum atomic E-state index is 0.511. The molecule has 4 saturated heterocycles. The van der Waals surface area contributed by atoms with E-state index in [2.05, 4.69) is 46.7 Å². The van der Waals surface area contributed by atoms with E-state index in [0.29, 0.717) is 10.8 Å². The summed E-state index contributed by atoms with van der Waals surface area (Å²) in [7, 11) is 0. The van der Waals surface area contributed by atoms with Gasteiger partial charge in [-0.3, -0.25) is 4.98 Å². The van der Waals surface area contributed by atoms with E-state index in [1.54, 1.807) is 18.6 Å². The lowest BCUT2D eigenvalue weighted by molar-refractivity contribution is 0.369. The first-order valence-electron chi connectivity index (χ1n) is 11.2. The number of rotatable bonds is 2. The van der Waals surface area contributed by atoms with Crippen LogP contribution in [0.25, 0.3) is 0 Å². The van der Waals surface area contributed by atoms with E-state index >= 15 is 0 Å². The fourth-order valence-corrected chi connectivity index (χ4v) is 5.47. The van der Waals surface area contributed by atoms with Gasteiger partial charge < -0.3 is 20.4 Å². The van der Waals surface area contributed by atoms with Crippen molar-refractivity contribution < 1.29 is 0 Å². The van der Waals surface area contributed by atoms with Gasteiger partial charge in [0.2, 0.25) is 0 Å². The Morgan fingerprint density at radius 1 is 0.800 bits per heavy atom. The topological polar surface area (TPSA) is 82.1 Å². The second-order valence-corrected chi connectivity index (χ2v) is 9.34. The second-order valence-electron chi connectivity index (χ2n) is 9.34. The summed E-state index contributed by atoms with van der Waals surface area (Å²) >= 11 is 0. The van der Waals surface area contributed by atoms with Gasteiger partial charge in [0.1, 0.15) is 5.82 Å². The molecule has 4 aliphatic heterocycles. The predicted octanol–water partition coefficient (Wildman–Crippen LogP) is 1.33. The Morgan fingerprint density at radius 2 is 1.50 bits per heavy atom. The lowest BCUT2D eigenvalue weighted by atomic mass is 9.87. The van der Waals surface area contributed by atoms with Gasteiger partial charge in [-0.25, -0.2) is 4.98 Å². The maximum Gasteiger partial charge on any atom is 0.151 e. The van der Waals surface area contributed by atoms with Crippen molar-refractivity contribution in [1.29, 1.82) is 0 Å².